The van der Waals surface area contributed by atoms with E-state index in [0.29, 0.717) is 32.6 Å². The van der Waals surface area contributed by atoms with E-state index in [4.69, 9.17) is 4.74 Å². The number of morpholine rings is 1. The first-order valence-corrected chi connectivity index (χ1v) is 11.6. The molecule has 2 aliphatic heterocycles. The van der Waals surface area contributed by atoms with E-state index in [-0.39, 0.29) is 18.0 Å². The summed E-state index contributed by atoms with van der Waals surface area (Å²) in [5, 5.41) is 0. The first-order valence-electron chi connectivity index (χ1n) is 8.90. The quantitative estimate of drug-likeness (QED) is 0.705. The van der Waals surface area contributed by atoms with Crippen molar-refractivity contribution in [1.29, 1.82) is 0 Å². The number of carbonyl (C=O) groups is 1. The lowest BCUT2D eigenvalue weighted by Gasteiger charge is -2.43. The smallest absolute Gasteiger partial charge is 0.243 e. The third-order valence-corrected chi connectivity index (χ3v) is 6.52. The van der Waals surface area contributed by atoms with Gasteiger partial charge in [0.15, 0.2) is 0 Å². The molecule has 0 bridgehead atoms. The number of nitrogens with zero attached hydrogens (tertiary/aromatic N) is 2. The summed E-state index contributed by atoms with van der Waals surface area (Å²) in [5.74, 6) is -0.00724. The summed E-state index contributed by atoms with van der Waals surface area (Å²) in [7, 11) is 0.0971. The van der Waals surface area contributed by atoms with Gasteiger partial charge in [0.2, 0.25) is 15.9 Å². The minimum Gasteiger partial charge on any atom is -0.378 e. The fourth-order valence-corrected chi connectivity index (χ4v) is 5.60. The van der Waals surface area contributed by atoms with Crippen LogP contribution in [0.25, 0.3) is 0 Å². The van der Waals surface area contributed by atoms with E-state index in [2.05, 4.69) is 25.6 Å². The van der Waals surface area contributed by atoms with Gasteiger partial charge in [-0.05, 0) is 30.5 Å². The summed E-state index contributed by atoms with van der Waals surface area (Å²) in [5.41, 5.74) is 0.228. The minimum absolute atomic E-state index is 0.00724. The van der Waals surface area contributed by atoms with Crippen LogP contribution in [-0.2, 0) is 26.0 Å². The molecular weight excluding hydrogens is 434 g/mol. The molecule has 9 heteroatoms. The molecule has 2 aliphatic rings. The van der Waals surface area contributed by atoms with Gasteiger partial charge < -0.3 is 9.64 Å². The SMILES string of the molecule is CN(C)C(=O)[C@]1(Cc2cccc(Br)c2)C[C@@H](NS(C)(=O)=O)[C@@H]2COCCN21. The number of halogens is 1. The molecule has 0 spiro atoms. The number of rotatable bonds is 5. The van der Waals surface area contributed by atoms with Gasteiger partial charge in [-0.2, -0.15) is 0 Å². The molecule has 1 N–H and O–H groups in total. The van der Waals surface area contributed by atoms with Gasteiger partial charge in [-0.25, -0.2) is 13.1 Å². The number of nitrogens with one attached hydrogen (secondary N) is 1. The molecule has 2 heterocycles. The normalized spacial score (nSPS) is 28.7. The van der Waals surface area contributed by atoms with Gasteiger partial charge in [-0.1, -0.05) is 28.1 Å². The zero-order valence-corrected chi connectivity index (χ0v) is 18.2. The summed E-state index contributed by atoms with van der Waals surface area (Å²) < 4.78 is 33.1. The molecule has 27 heavy (non-hydrogen) atoms. The van der Waals surface area contributed by atoms with Gasteiger partial charge in [-0.3, -0.25) is 9.69 Å². The van der Waals surface area contributed by atoms with Crippen molar-refractivity contribution in [2.45, 2.75) is 30.5 Å². The molecule has 1 aromatic rings. The van der Waals surface area contributed by atoms with Crippen LogP contribution in [0.5, 0.6) is 0 Å². The second kappa shape index (κ2) is 7.79. The molecule has 0 unspecified atom stereocenters. The van der Waals surface area contributed by atoms with Crippen LogP contribution < -0.4 is 4.72 Å². The van der Waals surface area contributed by atoms with E-state index in [1.807, 2.05) is 24.3 Å². The van der Waals surface area contributed by atoms with Crippen LogP contribution in [0.3, 0.4) is 0 Å². The Morgan fingerprint density at radius 1 is 1.44 bits per heavy atom. The number of hydrogen-bond acceptors (Lipinski definition) is 5. The first-order chi connectivity index (χ1) is 12.6. The molecular formula is C18H26BrN3O4S. The van der Waals surface area contributed by atoms with Gasteiger partial charge in [0.1, 0.15) is 5.54 Å². The van der Waals surface area contributed by atoms with Crippen molar-refractivity contribution in [1.82, 2.24) is 14.5 Å². The first kappa shape index (κ1) is 20.7. The number of carbonyl (C=O) groups excluding carboxylic acids is 1. The summed E-state index contributed by atoms with van der Waals surface area (Å²) in [4.78, 5) is 17.1. The fraction of sp³-hybridized carbons (Fsp3) is 0.611. The second-order valence-electron chi connectivity index (χ2n) is 7.57. The molecule has 2 fully saturated rings. The molecule has 0 aromatic heterocycles. The Hall–Kier alpha value is -1.00. The summed E-state index contributed by atoms with van der Waals surface area (Å²) in [6.07, 6.45) is 2.09. The van der Waals surface area contributed by atoms with Crippen molar-refractivity contribution >= 4 is 31.9 Å². The van der Waals surface area contributed by atoms with Crippen LogP contribution in [0.1, 0.15) is 12.0 Å². The maximum Gasteiger partial charge on any atom is 0.243 e. The van der Waals surface area contributed by atoms with E-state index in [9.17, 15) is 13.2 Å². The monoisotopic (exact) mass is 459 g/mol. The lowest BCUT2D eigenvalue weighted by Crippen LogP contribution is -2.61. The Morgan fingerprint density at radius 3 is 2.81 bits per heavy atom. The highest BCUT2D eigenvalue weighted by atomic mass is 79.9. The molecule has 3 atom stereocenters. The third-order valence-electron chi connectivity index (χ3n) is 5.29. The highest BCUT2D eigenvalue weighted by molar-refractivity contribution is 9.10. The van der Waals surface area contributed by atoms with Gasteiger partial charge in [0.25, 0.3) is 0 Å². The Labute approximate surface area is 169 Å². The largest absolute Gasteiger partial charge is 0.378 e. The molecule has 150 valence electrons. The average Bonchev–Trinajstić information content (AvgIpc) is 2.87. The summed E-state index contributed by atoms with van der Waals surface area (Å²) >= 11 is 3.50. The second-order valence-corrected chi connectivity index (χ2v) is 10.3. The Bertz CT molecular complexity index is 817. The highest BCUT2D eigenvalue weighted by Crippen LogP contribution is 2.40. The van der Waals surface area contributed by atoms with Crippen LogP contribution in [0.15, 0.2) is 28.7 Å². The molecule has 2 saturated heterocycles. The average molecular weight is 460 g/mol. The predicted molar refractivity (Wildman–Crippen MR) is 107 cm³/mol. The van der Waals surface area contributed by atoms with E-state index in [1.165, 1.54) is 0 Å². The highest BCUT2D eigenvalue weighted by Gasteiger charge is 2.57. The lowest BCUT2D eigenvalue weighted by atomic mass is 9.85. The van der Waals surface area contributed by atoms with E-state index < -0.39 is 15.6 Å². The van der Waals surface area contributed by atoms with Crippen molar-refractivity contribution in [3.63, 3.8) is 0 Å². The number of hydrogen-bond donors (Lipinski definition) is 1. The number of amides is 1. The topological polar surface area (TPSA) is 79.0 Å². The van der Waals surface area contributed by atoms with E-state index in [1.54, 1.807) is 19.0 Å². The zero-order chi connectivity index (χ0) is 19.8. The van der Waals surface area contributed by atoms with Crippen molar-refractivity contribution < 1.29 is 17.9 Å². The van der Waals surface area contributed by atoms with Crippen LogP contribution >= 0.6 is 15.9 Å². The van der Waals surface area contributed by atoms with Crippen LogP contribution in [0, 0.1) is 0 Å². The number of likely N-dealkylation sites (N-methyl/N-ethyl adjacent to an activating group) is 1. The Balaban J connectivity index is 2.03. The van der Waals surface area contributed by atoms with Crippen LogP contribution in [0.4, 0.5) is 0 Å². The third kappa shape index (κ3) is 4.37. The molecule has 1 amide bonds. The van der Waals surface area contributed by atoms with Crippen molar-refractivity contribution in [2.24, 2.45) is 0 Å². The molecule has 0 aliphatic carbocycles. The van der Waals surface area contributed by atoms with E-state index in [0.717, 1.165) is 16.3 Å². The summed E-state index contributed by atoms with van der Waals surface area (Å²) in [6.45, 7) is 1.54. The molecule has 1 aromatic carbocycles. The van der Waals surface area contributed by atoms with Crippen LogP contribution in [-0.4, -0.2) is 81.9 Å². The number of sulfonamides is 1. The standard InChI is InChI=1S/C18H26BrN3O4S/c1-21(2)17(23)18(10-13-5-4-6-14(19)9-13)11-15(20-27(3,24)25)16-12-26-8-7-22(16)18/h4-6,9,15-16,20H,7-8,10-12H2,1-3H3/t15-,16+,18+/m1/s1. The van der Waals surface area contributed by atoms with Gasteiger partial charge in [0, 0.05) is 31.2 Å². The minimum atomic E-state index is -3.40. The van der Waals surface area contributed by atoms with Gasteiger partial charge >= 0.3 is 0 Å². The fourth-order valence-electron chi connectivity index (χ4n) is 4.36. The molecule has 0 radical (unpaired) electrons. The lowest BCUT2D eigenvalue weighted by molar-refractivity contribution is -0.144. The Kier molecular flexibility index (Phi) is 5.98. The number of fused-ring (bicyclic) bond motifs is 1. The Morgan fingerprint density at radius 2 is 2.19 bits per heavy atom. The zero-order valence-electron chi connectivity index (χ0n) is 15.8. The van der Waals surface area contributed by atoms with Crippen molar-refractivity contribution in [3.05, 3.63) is 34.3 Å². The maximum absolute atomic E-state index is 13.4. The summed E-state index contributed by atoms with van der Waals surface area (Å²) in [6, 6.07) is 7.38. The van der Waals surface area contributed by atoms with Gasteiger partial charge in [-0.15, -0.1) is 0 Å². The maximum atomic E-state index is 13.4. The molecule has 0 saturated carbocycles. The van der Waals surface area contributed by atoms with Gasteiger partial charge in [0.05, 0.1) is 25.5 Å². The van der Waals surface area contributed by atoms with Crippen LogP contribution in [0.2, 0.25) is 0 Å². The number of benzene rings is 1. The molecule has 7 nitrogen and oxygen atoms in total. The predicted octanol–water partition coefficient (Wildman–Crippen LogP) is 0.841. The van der Waals surface area contributed by atoms with Crippen molar-refractivity contribution in [3.8, 4) is 0 Å². The molecule has 3 rings (SSSR count). The van der Waals surface area contributed by atoms with E-state index >= 15 is 0 Å². The van der Waals surface area contributed by atoms with Crippen molar-refractivity contribution in [2.75, 3.05) is 40.1 Å². The number of ether oxygens (including phenoxy) is 1.